The number of hydrogen-bond donors (Lipinski definition) is 1. The molecule has 33 heavy (non-hydrogen) atoms. The summed E-state index contributed by atoms with van der Waals surface area (Å²) in [7, 11) is 0. The maximum Gasteiger partial charge on any atom is 0.206 e. The molecule has 1 aromatic carbocycles. The van der Waals surface area contributed by atoms with Crippen molar-refractivity contribution >= 4 is 23.2 Å². The maximum absolute atomic E-state index is 6.32. The molecule has 1 N–H and O–H groups in total. The van der Waals surface area contributed by atoms with Gasteiger partial charge in [0.05, 0.1) is 38.0 Å². The monoisotopic (exact) mass is 499 g/mol. The summed E-state index contributed by atoms with van der Waals surface area (Å²) in [6, 6.07) is 5.62. The minimum absolute atomic E-state index is 0.436. The van der Waals surface area contributed by atoms with Gasteiger partial charge in [0.15, 0.2) is 0 Å². The third kappa shape index (κ3) is 10.4. The zero-order chi connectivity index (χ0) is 24.2. The van der Waals surface area contributed by atoms with E-state index in [0.29, 0.717) is 72.4 Å². The molecule has 0 radical (unpaired) electrons. The van der Waals surface area contributed by atoms with Crippen molar-refractivity contribution in [3.05, 3.63) is 46.0 Å². The zero-order valence-corrected chi connectivity index (χ0v) is 22.1. The van der Waals surface area contributed by atoms with Crippen molar-refractivity contribution in [1.82, 2.24) is 5.32 Å². The summed E-state index contributed by atoms with van der Waals surface area (Å²) in [5, 5.41) is 4.33. The molecule has 1 aromatic rings. The lowest BCUT2D eigenvalue weighted by Gasteiger charge is -2.21. The molecule has 0 saturated heterocycles. The van der Waals surface area contributed by atoms with E-state index >= 15 is 0 Å². The van der Waals surface area contributed by atoms with Gasteiger partial charge >= 0.3 is 0 Å². The van der Waals surface area contributed by atoms with Crippen molar-refractivity contribution in [2.75, 3.05) is 33.0 Å². The van der Waals surface area contributed by atoms with E-state index in [9.17, 15) is 0 Å². The van der Waals surface area contributed by atoms with Crippen molar-refractivity contribution < 1.29 is 18.9 Å². The summed E-state index contributed by atoms with van der Waals surface area (Å²) in [6.45, 7) is 13.7. The number of allylic oxidation sites excluding steroid dienone is 2. The van der Waals surface area contributed by atoms with E-state index < -0.39 is 0 Å². The van der Waals surface area contributed by atoms with Gasteiger partial charge in [0.25, 0.3) is 0 Å². The second kappa shape index (κ2) is 14.5. The highest BCUT2D eigenvalue weighted by atomic mass is 35.5. The largest absolute Gasteiger partial charge is 0.496 e. The molecule has 0 aliphatic carbocycles. The van der Waals surface area contributed by atoms with E-state index in [1.807, 2.05) is 31.2 Å². The van der Waals surface area contributed by atoms with E-state index in [-0.39, 0.29) is 0 Å². The second-order valence-corrected chi connectivity index (χ2v) is 9.95. The summed E-state index contributed by atoms with van der Waals surface area (Å²) in [5.41, 5.74) is 0. The van der Waals surface area contributed by atoms with Gasteiger partial charge in [-0.15, -0.1) is 0 Å². The molecule has 5 nitrogen and oxygen atoms in total. The fourth-order valence-corrected chi connectivity index (χ4v) is 3.77. The normalized spacial score (nSPS) is 15.6. The van der Waals surface area contributed by atoms with Crippen LogP contribution >= 0.6 is 23.2 Å². The molecule has 0 aromatic heterocycles. The van der Waals surface area contributed by atoms with Gasteiger partial charge in [0.1, 0.15) is 22.3 Å². The fraction of sp³-hybridized carbons (Fsp3) is 0.615. The first-order valence-electron chi connectivity index (χ1n) is 11.9. The van der Waals surface area contributed by atoms with Crippen molar-refractivity contribution in [3.8, 4) is 11.5 Å². The Kier molecular flexibility index (Phi) is 12.1. The summed E-state index contributed by atoms with van der Waals surface area (Å²) in [5.74, 6) is 4.28. The van der Waals surface area contributed by atoms with Crippen LogP contribution in [0.15, 0.2) is 40.9 Å². The average Bonchev–Trinajstić information content (AvgIpc) is 2.76. The summed E-state index contributed by atoms with van der Waals surface area (Å²) < 4.78 is 23.0. The lowest BCUT2D eigenvalue weighted by Crippen LogP contribution is -2.25. The van der Waals surface area contributed by atoms with Crippen LogP contribution in [-0.4, -0.2) is 33.0 Å². The van der Waals surface area contributed by atoms with Crippen LogP contribution in [0, 0.1) is 17.8 Å². The Morgan fingerprint density at radius 3 is 2.21 bits per heavy atom. The molecule has 0 amide bonds. The first-order valence-corrected chi connectivity index (χ1v) is 12.7. The minimum atomic E-state index is 0.436. The first kappa shape index (κ1) is 27.5. The molecule has 186 valence electrons. The van der Waals surface area contributed by atoms with Crippen LogP contribution in [0.5, 0.6) is 11.5 Å². The van der Waals surface area contributed by atoms with Crippen LogP contribution in [0.4, 0.5) is 0 Å². The Hall–Kier alpha value is -1.72. The summed E-state index contributed by atoms with van der Waals surface area (Å²) in [6.07, 6.45) is 5.12. The highest BCUT2D eigenvalue weighted by molar-refractivity contribution is 6.32. The molecular formula is C26H39Cl2NO4. The van der Waals surface area contributed by atoms with Gasteiger partial charge in [-0.1, -0.05) is 57.3 Å². The number of nitrogens with one attached hydrogen (secondary N) is 1. The van der Waals surface area contributed by atoms with Gasteiger partial charge in [-0.25, -0.2) is 0 Å². The Balaban J connectivity index is 1.64. The van der Waals surface area contributed by atoms with Gasteiger partial charge < -0.3 is 24.3 Å². The average molecular weight is 501 g/mol. The SMILES string of the molecule is CCOC1=CC(Cl)=C(OCC(C)CCCC(C)COc2ccc(OCC(C)C)c(Cl)c2)NC1. The minimum Gasteiger partial charge on any atom is -0.496 e. The quantitative estimate of drug-likeness (QED) is 0.277. The molecule has 2 atom stereocenters. The van der Waals surface area contributed by atoms with Gasteiger partial charge in [0, 0.05) is 12.1 Å². The Morgan fingerprint density at radius 2 is 1.61 bits per heavy atom. The van der Waals surface area contributed by atoms with Crippen LogP contribution in [-0.2, 0) is 9.47 Å². The van der Waals surface area contributed by atoms with Crippen molar-refractivity contribution in [2.45, 2.75) is 53.9 Å². The molecule has 2 rings (SSSR count). The van der Waals surface area contributed by atoms with E-state index in [4.69, 9.17) is 42.1 Å². The fourth-order valence-electron chi connectivity index (χ4n) is 3.30. The van der Waals surface area contributed by atoms with Gasteiger partial charge in [-0.05, 0) is 49.7 Å². The number of ether oxygens (including phenoxy) is 4. The number of rotatable bonds is 15. The molecule has 1 aliphatic rings. The zero-order valence-electron chi connectivity index (χ0n) is 20.6. The van der Waals surface area contributed by atoms with Crippen LogP contribution < -0.4 is 14.8 Å². The van der Waals surface area contributed by atoms with Gasteiger partial charge in [0.2, 0.25) is 5.88 Å². The predicted molar refractivity (Wildman–Crippen MR) is 136 cm³/mol. The highest BCUT2D eigenvalue weighted by Crippen LogP contribution is 2.29. The van der Waals surface area contributed by atoms with E-state index in [1.165, 1.54) is 0 Å². The van der Waals surface area contributed by atoms with Gasteiger partial charge in [-0.2, -0.15) is 0 Å². The number of halogens is 2. The predicted octanol–water partition coefficient (Wildman–Crippen LogP) is 7.14. The molecular weight excluding hydrogens is 461 g/mol. The van der Waals surface area contributed by atoms with Crippen molar-refractivity contribution in [2.24, 2.45) is 17.8 Å². The lowest BCUT2D eigenvalue weighted by molar-refractivity contribution is 0.141. The number of hydrogen-bond acceptors (Lipinski definition) is 5. The Morgan fingerprint density at radius 1 is 0.909 bits per heavy atom. The van der Waals surface area contributed by atoms with Crippen LogP contribution in [0.3, 0.4) is 0 Å². The molecule has 0 bridgehead atoms. The highest BCUT2D eigenvalue weighted by Gasteiger charge is 2.15. The summed E-state index contributed by atoms with van der Waals surface area (Å²) >= 11 is 12.6. The molecule has 0 spiro atoms. The first-order chi connectivity index (χ1) is 15.8. The molecule has 0 fully saturated rings. The summed E-state index contributed by atoms with van der Waals surface area (Å²) in [4.78, 5) is 0. The van der Waals surface area contributed by atoms with Crippen molar-refractivity contribution in [1.29, 1.82) is 0 Å². The van der Waals surface area contributed by atoms with Gasteiger partial charge in [-0.3, -0.25) is 0 Å². The molecule has 1 aliphatic heterocycles. The van der Waals surface area contributed by atoms with Crippen LogP contribution in [0.25, 0.3) is 0 Å². The number of benzene rings is 1. The van der Waals surface area contributed by atoms with Crippen LogP contribution in [0.2, 0.25) is 5.02 Å². The molecule has 0 saturated carbocycles. The number of dihydropyridines is 1. The smallest absolute Gasteiger partial charge is 0.206 e. The second-order valence-electron chi connectivity index (χ2n) is 9.13. The van der Waals surface area contributed by atoms with E-state index in [1.54, 1.807) is 0 Å². The molecule has 1 heterocycles. The van der Waals surface area contributed by atoms with E-state index in [0.717, 1.165) is 30.8 Å². The third-order valence-corrected chi connectivity index (χ3v) is 5.75. The Labute approximate surface area is 209 Å². The maximum atomic E-state index is 6.32. The standard InChI is InChI=1S/C26H39Cl2NO4/c1-6-30-22-13-24(28)26(29-14-22)33-17-20(5)9-7-8-19(4)16-31-21-10-11-25(23(27)12-21)32-15-18(2)3/h10-13,18-20,29H,6-9,14-17H2,1-5H3. The lowest BCUT2D eigenvalue weighted by atomic mass is 9.99. The Bertz CT molecular complexity index is 794. The topological polar surface area (TPSA) is 49.0 Å². The van der Waals surface area contributed by atoms with Crippen molar-refractivity contribution in [3.63, 3.8) is 0 Å². The van der Waals surface area contributed by atoms with E-state index in [2.05, 4.69) is 33.0 Å². The molecule has 2 unspecified atom stereocenters. The third-order valence-electron chi connectivity index (χ3n) is 5.17. The van der Waals surface area contributed by atoms with Crippen LogP contribution in [0.1, 0.15) is 53.9 Å². The molecule has 7 heteroatoms.